The van der Waals surface area contributed by atoms with Crippen molar-refractivity contribution in [3.8, 4) is 17.9 Å². The first-order valence-electron chi connectivity index (χ1n) is 6.20. The molecule has 2 rings (SSSR count). The zero-order chi connectivity index (χ0) is 13.7. The van der Waals surface area contributed by atoms with Gasteiger partial charge in [0.25, 0.3) is 0 Å². The number of rotatable bonds is 3. The average molecular weight is 256 g/mol. The van der Waals surface area contributed by atoms with Crippen molar-refractivity contribution in [1.29, 1.82) is 10.5 Å². The minimum Gasteiger partial charge on any atom is -0.495 e. The van der Waals surface area contributed by atoms with Gasteiger partial charge in [0.2, 0.25) is 0 Å². The molecule has 0 aromatic heterocycles. The molecule has 5 nitrogen and oxygen atoms in total. The molecule has 1 atom stereocenters. The Morgan fingerprint density at radius 2 is 2.32 bits per heavy atom. The Kier molecular flexibility index (Phi) is 4.35. The summed E-state index contributed by atoms with van der Waals surface area (Å²) in [4.78, 5) is 2.14. The lowest BCUT2D eigenvalue weighted by Crippen LogP contribution is -2.49. The van der Waals surface area contributed by atoms with E-state index in [1.54, 1.807) is 13.2 Å². The molecule has 1 fully saturated rings. The maximum Gasteiger partial charge on any atom is 0.136 e. The topological polar surface area (TPSA) is 72.1 Å². The van der Waals surface area contributed by atoms with Gasteiger partial charge < -0.3 is 10.1 Å². The fourth-order valence-corrected chi connectivity index (χ4v) is 2.22. The van der Waals surface area contributed by atoms with Crippen molar-refractivity contribution in [2.45, 2.75) is 12.6 Å². The summed E-state index contributed by atoms with van der Waals surface area (Å²) < 4.78 is 5.20. The number of piperazine rings is 1. The SMILES string of the molecule is COc1cc(CN2CCNCC2C#N)ccc1C#N. The van der Waals surface area contributed by atoms with Crippen LogP contribution in [-0.2, 0) is 6.54 Å². The Morgan fingerprint density at radius 3 is 3.00 bits per heavy atom. The molecule has 0 amide bonds. The number of hydrogen-bond acceptors (Lipinski definition) is 5. The molecule has 0 saturated carbocycles. The number of nitrogens with zero attached hydrogens (tertiary/aromatic N) is 3. The van der Waals surface area contributed by atoms with Crippen LogP contribution in [0, 0.1) is 22.7 Å². The molecule has 1 saturated heterocycles. The maximum absolute atomic E-state index is 9.12. The Bertz CT molecular complexity index is 529. The van der Waals surface area contributed by atoms with Crippen LogP contribution in [0.1, 0.15) is 11.1 Å². The van der Waals surface area contributed by atoms with Gasteiger partial charge in [0.1, 0.15) is 17.9 Å². The van der Waals surface area contributed by atoms with Gasteiger partial charge >= 0.3 is 0 Å². The second-order valence-electron chi connectivity index (χ2n) is 4.47. The van der Waals surface area contributed by atoms with E-state index in [2.05, 4.69) is 22.4 Å². The van der Waals surface area contributed by atoms with Crippen LogP contribution in [-0.4, -0.2) is 37.7 Å². The molecule has 1 aliphatic heterocycles. The first-order chi connectivity index (χ1) is 9.28. The largest absolute Gasteiger partial charge is 0.495 e. The molecule has 0 radical (unpaired) electrons. The van der Waals surface area contributed by atoms with Crippen molar-refractivity contribution in [2.24, 2.45) is 0 Å². The van der Waals surface area contributed by atoms with Crippen molar-refractivity contribution in [3.63, 3.8) is 0 Å². The lowest BCUT2D eigenvalue weighted by atomic mass is 10.1. The smallest absolute Gasteiger partial charge is 0.136 e. The number of methoxy groups -OCH3 is 1. The molecule has 0 bridgehead atoms. The van der Waals surface area contributed by atoms with E-state index in [4.69, 9.17) is 15.3 Å². The Morgan fingerprint density at radius 1 is 1.47 bits per heavy atom. The van der Waals surface area contributed by atoms with Gasteiger partial charge in [0, 0.05) is 26.2 Å². The van der Waals surface area contributed by atoms with Crippen molar-refractivity contribution >= 4 is 0 Å². The van der Waals surface area contributed by atoms with Gasteiger partial charge in [-0.2, -0.15) is 10.5 Å². The number of hydrogen-bond donors (Lipinski definition) is 1. The lowest BCUT2D eigenvalue weighted by molar-refractivity contribution is 0.189. The first kappa shape index (κ1) is 13.4. The quantitative estimate of drug-likeness (QED) is 0.868. The first-order valence-corrected chi connectivity index (χ1v) is 6.20. The summed E-state index contributed by atoms with van der Waals surface area (Å²) in [6.45, 7) is 3.14. The maximum atomic E-state index is 9.12. The number of ether oxygens (including phenoxy) is 1. The van der Waals surface area contributed by atoms with Crippen LogP contribution in [0.15, 0.2) is 18.2 Å². The highest BCUT2D eigenvalue weighted by atomic mass is 16.5. The van der Waals surface area contributed by atoms with Crippen molar-refractivity contribution < 1.29 is 4.74 Å². The summed E-state index contributed by atoms with van der Waals surface area (Å²) in [5, 5.41) is 21.3. The van der Waals surface area contributed by atoms with E-state index < -0.39 is 0 Å². The molecule has 1 aromatic rings. The zero-order valence-corrected chi connectivity index (χ0v) is 10.9. The van der Waals surface area contributed by atoms with Crippen molar-refractivity contribution in [2.75, 3.05) is 26.7 Å². The zero-order valence-electron chi connectivity index (χ0n) is 10.9. The summed E-state index contributed by atoms with van der Waals surface area (Å²) >= 11 is 0. The molecule has 0 spiro atoms. The number of benzene rings is 1. The van der Waals surface area contributed by atoms with Gasteiger partial charge in [-0.15, -0.1) is 0 Å². The van der Waals surface area contributed by atoms with Crippen LogP contribution in [0.25, 0.3) is 0 Å². The molecular formula is C14H16N4O. The van der Waals surface area contributed by atoms with Gasteiger partial charge in [-0.05, 0) is 17.7 Å². The standard InChI is InChI=1S/C14H16N4O/c1-19-14-6-11(2-3-12(14)7-15)10-18-5-4-17-9-13(18)8-16/h2-3,6,13,17H,4-5,9-10H2,1H3. The highest BCUT2D eigenvalue weighted by Crippen LogP contribution is 2.21. The number of nitrogens with one attached hydrogen (secondary N) is 1. The molecule has 0 aliphatic carbocycles. The predicted octanol–water partition coefficient (Wildman–Crippen LogP) is 0.864. The van der Waals surface area contributed by atoms with Crippen LogP contribution in [0.2, 0.25) is 0 Å². The fraction of sp³-hybridized carbons (Fsp3) is 0.429. The third kappa shape index (κ3) is 3.03. The summed E-state index contributed by atoms with van der Waals surface area (Å²) in [5.74, 6) is 0.587. The summed E-state index contributed by atoms with van der Waals surface area (Å²) in [5.41, 5.74) is 1.58. The molecule has 1 unspecified atom stereocenters. The Labute approximate surface area is 113 Å². The second-order valence-corrected chi connectivity index (χ2v) is 4.47. The minimum absolute atomic E-state index is 0.101. The molecule has 1 heterocycles. The monoisotopic (exact) mass is 256 g/mol. The van der Waals surface area contributed by atoms with E-state index in [1.807, 2.05) is 12.1 Å². The fourth-order valence-electron chi connectivity index (χ4n) is 2.22. The van der Waals surface area contributed by atoms with Gasteiger partial charge in [0.15, 0.2) is 0 Å². The van der Waals surface area contributed by atoms with Crippen LogP contribution < -0.4 is 10.1 Å². The van der Waals surface area contributed by atoms with E-state index in [9.17, 15) is 0 Å². The summed E-state index contributed by atoms with van der Waals surface area (Å²) in [6.07, 6.45) is 0. The van der Waals surface area contributed by atoms with E-state index in [0.29, 0.717) is 24.4 Å². The van der Waals surface area contributed by atoms with Gasteiger partial charge in [-0.1, -0.05) is 6.07 Å². The molecule has 98 valence electrons. The Hall–Kier alpha value is -2.08. The van der Waals surface area contributed by atoms with Crippen molar-refractivity contribution in [3.05, 3.63) is 29.3 Å². The molecule has 1 N–H and O–H groups in total. The van der Waals surface area contributed by atoms with Crippen LogP contribution in [0.5, 0.6) is 5.75 Å². The van der Waals surface area contributed by atoms with Crippen LogP contribution >= 0.6 is 0 Å². The molecule has 5 heteroatoms. The second kappa shape index (κ2) is 6.19. The molecule has 19 heavy (non-hydrogen) atoms. The average Bonchev–Trinajstić information content (AvgIpc) is 2.47. The highest BCUT2D eigenvalue weighted by molar-refractivity contribution is 5.45. The predicted molar refractivity (Wildman–Crippen MR) is 70.4 cm³/mol. The molecule has 1 aliphatic rings. The number of nitriles is 2. The van der Waals surface area contributed by atoms with E-state index in [1.165, 1.54) is 0 Å². The van der Waals surface area contributed by atoms with Gasteiger partial charge in [-0.3, -0.25) is 4.90 Å². The lowest BCUT2D eigenvalue weighted by Gasteiger charge is -2.31. The highest BCUT2D eigenvalue weighted by Gasteiger charge is 2.21. The van der Waals surface area contributed by atoms with Crippen LogP contribution in [0.3, 0.4) is 0 Å². The van der Waals surface area contributed by atoms with E-state index in [-0.39, 0.29) is 6.04 Å². The van der Waals surface area contributed by atoms with E-state index >= 15 is 0 Å². The van der Waals surface area contributed by atoms with Gasteiger partial charge in [0.05, 0.1) is 18.7 Å². The van der Waals surface area contributed by atoms with E-state index in [0.717, 1.165) is 18.7 Å². The third-order valence-corrected chi connectivity index (χ3v) is 3.28. The van der Waals surface area contributed by atoms with Crippen molar-refractivity contribution in [1.82, 2.24) is 10.2 Å². The summed E-state index contributed by atoms with van der Waals surface area (Å²) in [7, 11) is 1.56. The van der Waals surface area contributed by atoms with Crippen LogP contribution in [0.4, 0.5) is 0 Å². The summed E-state index contributed by atoms with van der Waals surface area (Å²) in [6, 6.07) is 9.85. The minimum atomic E-state index is -0.101. The molecule has 1 aromatic carbocycles. The van der Waals surface area contributed by atoms with Gasteiger partial charge in [-0.25, -0.2) is 0 Å². The normalized spacial score (nSPS) is 19.4. The molecular weight excluding hydrogens is 240 g/mol. The third-order valence-electron chi connectivity index (χ3n) is 3.28. The Balaban J connectivity index is 2.15.